The molecule has 1 aromatic heterocycles. The van der Waals surface area contributed by atoms with E-state index in [1.165, 1.54) is 25.9 Å². The normalized spacial score (nSPS) is 16.3. The van der Waals surface area contributed by atoms with Gasteiger partial charge in [-0.3, -0.25) is 4.90 Å². The van der Waals surface area contributed by atoms with Gasteiger partial charge in [0.1, 0.15) is 11.5 Å². The Morgan fingerprint density at radius 1 is 1.00 bits per heavy atom. The molecule has 2 aromatic rings. The molecule has 1 saturated heterocycles. The zero-order chi connectivity index (χ0) is 12.4. The van der Waals surface area contributed by atoms with Crippen molar-refractivity contribution in [3.8, 4) is 11.3 Å². The molecule has 2 nitrogen and oxygen atoms in total. The minimum atomic E-state index is 0.752. The molecule has 94 valence electrons. The van der Waals surface area contributed by atoms with E-state index in [-0.39, 0.29) is 0 Å². The summed E-state index contributed by atoms with van der Waals surface area (Å²) in [4.78, 5) is 2.43. The number of hydrogen-bond acceptors (Lipinski definition) is 2. The topological polar surface area (TPSA) is 16.4 Å². The molecule has 3 heteroatoms. The number of nitrogens with zero attached hydrogens (tertiary/aromatic N) is 1. The largest absolute Gasteiger partial charge is 0.460 e. The second-order valence-electron chi connectivity index (χ2n) is 4.76. The predicted molar refractivity (Wildman–Crippen MR) is 73.7 cm³/mol. The minimum absolute atomic E-state index is 0.752. The molecule has 18 heavy (non-hydrogen) atoms. The molecule has 0 spiro atoms. The molecule has 0 atom stereocenters. The molecular formula is C15H16ClNO. The lowest BCUT2D eigenvalue weighted by Crippen LogP contribution is -2.17. The van der Waals surface area contributed by atoms with Crippen molar-refractivity contribution in [1.82, 2.24) is 4.90 Å². The molecule has 0 amide bonds. The summed E-state index contributed by atoms with van der Waals surface area (Å²) in [5.74, 6) is 1.96. The number of halogens is 1. The summed E-state index contributed by atoms with van der Waals surface area (Å²) >= 11 is 5.88. The van der Waals surface area contributed by atoms with Gasteiger partial charge in [0.15, 0.2) is 0 Å². The Morgan fingerprint density at radius 3 is 2.44 bits per heavy atom. The van der Waals surface area contributed by atoms with Crippen LogP contribution in [-0.4, -0.2) is 18.0 Å². The van der Waals surface area contributed by atoms with Gasteiger partial charge in [-0.15, -0.1) is 0 Å². The number of furan rings is 1. The van der Waals surface area contributed by atoms with Gasteiger partial charge in [0.25, 0.3) is 0 Å². The van der Waals surface area contributed by atoms with Gasteiger partial charge in [-0.05, 0) is 62.3 Å². The van der Waals surface area contributed by atoms with Gasteiger partial charge in [-0.2, -0.15) is 0 Å². The minimum Gasteiger partial charge on any atom is -0.460 e. The Kier molecular flexibility index (Phi) is 3.39. The summed E-state index contributed by atoms with van der Waals surface area (Å²) in [6, 6.07) is 11.9. The smallest absolute Gasteiger partial charge is 0.134 e. The second kappa shape index (κ2) is 5.17. The predicted octanol–water partition coefficient (Wildman–Crippen LogP) is 4.20. The van der Waals surface area contributed by atoms with Crippen LogP contribution < -0.4 is 0 Å². The van der Waals surface area contributed by atoms with Gasteiger partial charge in [0, 0.05) is 10.6 Å². The lowest BCUT2D eigenvalue weighted by molar-refractivity contribution is 0.299. The van der Waals surface area contributed by atoms with E-state index in [1.807, 2.05) is 30.3 Å². The third-order valence-corrected chi connectivity index (χ3v) is 3.62. The molecule has 1 aliphatic heterocycles. The average Bonchev–Trinajstić information content (AvgIpc) is 3.02. The SMILES string of the molecule is Clc1ccc(-c2ccc(CN3CCCC3)o2)cc1. The van der Waals surface area contributed by atoms with Crippen LogP contribution in [0, 0.1) is 0 Å². The fraction of sp³-hybridized carbons (Fsp3) is 0.333. The average molecular weight is 262 g/mol. The van der Waals surface area contributed by atoms with Crippen molar-refractivity contribution >= 4 is 11.6 Å². The molecule has 0 saturated carbocycles. The summed E-state index contributed by atoms with van der Waals surface area (Å²) in [7, 11) is 0. The maximum atomic E-state index is 5.89. The molecule has 0 aliphatic carbocycles. The van der Waals surface area contributed by atoms with Crippen LogP contribution in [0.2, 0.25) is 5.02 Å². The highest BCUT2D eigenvalue weighted by atomic mass is 35.5. The third kappa shape index (κ3) is 2.60. The molecule has 1 aromatic carbocycles. The molecule has 1 fully saturated rings. The Bertz CT molecular complexity index is 512. The van der Waals surface area contributed by atoms with Crippen molar-refractivity contribution in [1.29, 1.82) is 0 Å². The zero-order valence-corrected chi connectivity index (χ0v) is 11.0. The molecule has 0 N–H and O–H groups in total. The summed E-state index contributed by atoms with van der Waals surface area (Å²) in [5.41, 5.74) is 1.08. The first-order valence-electron chi connectivity index (χ1n) is 6.38. The number of likely N-dealkylation sites (tertiary alicyclic amines) is 1. The van der Waals surface area contributed by atoms with Crippen LogP contribution in [-0.2, 0) is 6.54 Å². The van der Waals surface area contributed by atoms with Gasteiger partial charge in [-0.1, -0.05) is 11.6 Å². The molecule has 3 rings (SSSR count). The maximum absolute atomic E-state index is 5.89. The Labute approximate surface area is 112 Å². The monoisotopic (exact) mass is 261 g/mol. The van der Waals surface area contributed by atoms with E-state index in [0.717, 1.165) is 28.7 Å². The standard InChI is InChI=1S/C15H16ClNO/c16-13-5-3-12(4-6-13)15-8-7-14(18-15)11-17-9-1-2-10-17/h3-8H,1-2,9-11H2. The summed E-state index contributed by atoms with van der Waals surface area (Å²) in [6.07, 6.45) is 2.62. The van der Waals surface area contributed by atoms with E-state index in [2.05, 4.69) is 11.0 Å². The Hall–Kier alpha value is -1.25. The zero-order valence-electron chi connectivity index (χ0n) is 10.2. The van der Waals surface area contributed by atoms with Crippen LogP contribution in [0.4, 0.5) is 0 Å². The van der Waals surface area contributed by atoms with E-state index < -0.39 is 0 Å². The first-order valence-corrected chi connectivity index (χ1v) is 6.76. The number of hydrogen-bond donors (Lipinski definition) is 0. The second-order valence-corrected chi connectivity index (χ2v) is 5.19. The highest BCUT2D eigenvalue weighted by Gasteiger charge is 2.14. The van der Waals surface area contributed by atoms with Gasteiger partial charge >= 0.3 is 0 Å². The lowest BCUT2D eigenvalue weighted by Gasteiger charge is -2.11. The lowest BCUT2D eigenvalue weighted by atomic mass is 10.2. The van der Waals surface area contributed by atoms with Crippen LogP contribution in [0.1, 0.15) is 18.6 Å². The van der Waals surface area contributed by atoms with Gasteiger partial charge in [0.05, 0.1) is 6.54 Å². The Balaban J connectivity index is 1.74. The van der Waals surface area contributed by atoms with Crippen molar-refractivity contribution in [2.45, 2.75) is 19.4 Å². The van der Waals surface area contributed by atoms with Crippen molar-refractivity contribution in [3.05, 3.63) is 47.2 Å². The van der Waals surface area contributed by atoms with Crippen LogP contribution in [0.5, 0.6) is 0 Å². The molecular weight excluding hydrogens is 246 g/mol. The molecule has 0 unspecified atom stereocenters. The fourth-order valence-corrected chi connectivity index (χ4v) is 2.52. The molecule has 1 aliphatic rings. The van der Waals surface area contributed by atoms with Gasteiger partial charge in [-0.25, -0.2) is 0 Å². The van der Waals surface area contributed by atoms with Crippen LogP contribution in [0.3, 0.4) is 0 Å². The van der Waals surface area contributed by atoms with E-state index in [0.29, 0.717) is 0 Å². The molecule has 0 bridgehead atoms. The fourth-order valence-electron chi connectivity index (χ4n) is 2.39. The van der Waals surface area contributed by atoms with Crippen molar-refractivity contribution < 1.29 is 4.42 Å². The first kappa shape index (κ1) is 11.8. The van der Waals surface area contributed by atoms with Crippen molar-refractivity contribution in [2.24, 2.45) is 0 Å². The van der Waals surface area contributed by atoms with Gasteiger partial charge < -0.3 is 4.42 Å². The third-order valence-electron chi connectivity index (χ3n) is 3.37. The molecule has 2 heterocycles. The van der Waals surface area contributed by atoms with E-state index in [9.17, 15) is 0 Å². The number of benzene rings is 1. The van der Waals surface area contributed by atoms with Crippen LogP contribution in [0.25, 0.3) is 11.3 Å². The van der Waals surface area contributed by atoms with Crippen molar-refractivity contribution in [3.63, 3.8) is 0 Å². The van der Waals surface area contributed by atoms with Gasteiger partial charge in [0.2, 0.25) is 0 Å². The van der Waals surface area contributed by atoms with E-state index in [1.54, 1.807) is 0 Å². The van der Waals surface area contributed by atoms with Crippen LogP contribution in [0.15, 0.2) is 40.8 Å². The van der Waals surface area contributed by atoms with E-state index >= 15 is 0 Å². The highest BCUT2D eigenvalue weighted by Crippen LogP contribution is 2.25. The van der Waals surface area contributed by atoms with E-state index in [4.69, 9.17) is 16.0 Å². The Morgan fingerprint density at radius 2 is 1.72 bits per heavy atom. The molecule has 0 radical (unpaired) electrons. The highest BCUT2D eigenvalue weighted by molar-refractivity contribution is 6.30. The first-order chi connectivity index (χ1) is 8.81. The summed E-state index contributed by atoms with van der Waals surface area (Å²) in [5, 5.41) is 0.752. The van der Waals surface area contributed by atoms with Crippen LogP contribution >= 0.6 is 11.6 Å². The number of rotatable bonds is 3. The summed E-state index contributed by atoms with van der Waals surface area (Å²) in [6.45, 7) is 3.31. The maximum Gasteiger partial charge on any atom is 0.134 e. The van der Waals surface area contributed by atoms with Crippen molar-refractivity contribution in [2.75, 3.05) is 13.1 Å². The summed E-state index contributed by atoms with van der Waals surface area (Å²) < 4.78 is 5.89. The quantitative estimate of drug-likeness (QED) is 0.824.